The Labute approximate surface area is 105 Å². The minimum absolute atomic E-state index is 0.0662. The Morgan fingerprint density at radius 1 is 1.44 bits per heavy atom. The molecule has 0 aliphatic rings. The molecular formula is C12H18BrNO2. The molecule has 0 aliphatic heterocycles. The minimum Gasteiger partial charge on any atom is -0.504 e. The van der Waals surface area contributed by atoms with Crippen LogP contribution in [0.5, 0.6) is 11.5 Å². The average molecular weight is 288 g/mol. The number of rotatable bonds is 4. The van der Waals surface area contributed by atoms with Gasteiger partial charge in [0.2, 0.25) is 0 Å². The first-order chi connectivity index (χ1) is 7.39. The first-order valence-corrected chi connectivity index (χ1v) is 5.93. The lowest BCUT2D eigenvalue weighted by molar-refractivity contribution is 0.362. The summed E-state index contributed by atoms with van der Waals surface area (Å²) in [4.78, 5) is 0. The first-order valence-electron chi connectivity index (χ1n) is 5.14. The molecule has 1 aromatic carbocycles. The second kappa shape index (κ2) is 5.06. The number of ether oxygens (including phenoxy) is 1. The molecule has 0 aromatic heterocycles. The number of phenols is 1. The number of halogens is 1. The highest BCUT2D eigenvalue weighted by Gasteiger charge is 2.19. The molecule has 0 bridgehead atoms. The van der Waals surface area contributed by atoms with Gasteiger partial charge in [-0.25, -0.2) is 0 Å². The van der Waals surface area contributed by atoms with E-state index in [0.29, 0.717) is 5.75 Å². The Bertz CT molecular complexity index is 378. The second-order valence-corrected chi connectivity index (χ2v) is 5.34. The molecule has 0 radical (unpaired) electrons. The smallest absolute Gasteiger partial charge is 0.161 e. The van der Waals surface area contributed by atoms with Crippen LogP contribution in [0.25, 0.3) is 0 Å². The van der Waals surface area contributed by atoms with Crippen molar-refractivity contribution in [3.8, 4) is 11.5 Å². The van der Waals surface area contributed by atoms with Gasteiger partial charge in [0.15, 0.2) is 11.5 Å². The second-order valence-electron chi connectivity index (χ2n) is 4.43. The largest absolute Gasteiger partial charge is 0.504 e. The quantitative estimate of drug-likeness (QED) is 0.895. The number of benzene rings is 1. The monoisotopic (exact) mass is 287 g/mol. The molecule has 90 valence electrons. The summed E-state index contributed by atoms with van der Waals surface area (Å²) < 4.78 is 6.02. The third-order valence-corrected chi connectivity index (χ3v) is 3.11. The van der Waals surface area contributed by atoms with Crippen molar-refractivity contribution in [2.75, 3.05) is 14.2 Å². The molecule has 0 aliphatic carbocycles. The van der Waals surface area contributed by atoms with E-state index in [4.69, 9.17) is 4.74 Å². The first kappa shape index (κ1) is 13.3. The highest BCUT2D eigenvalue weighted by Crippen LogP contribution is 2.35. The maximum atomic E-state index is 10.00. The molecule has 16 heavy (non-hydrogen) atoms. The van der Waals surface area contributed by atoms with Crippen molar-refractivity contribution in [3.63, 3.8) is 0 Å². The van der Waals surface area contributed by atoms with Gasteiger partial charge >= 0.3 is 0 Å². The van der Waals surface area contributed by atoms with Crippen molar-refractivity contribution in [3.05, 3.63) is 22.2 Å². The molecule has 1 aromatic rings. The van der Waals surface area contributed by atoms with Crippen LogP contribution >= 0.6 is 15.9 Å². The molecule has 0 saturated carbocycles. The van der Waals surface area contributed by atoms with Crippen LogP contribution in [0.3, 0.4) is 0 Å². The van der Waals surface area contributed by atoms with Crippen LogP contribution in [0.2, 0.25) is 0 Å². The van der Waals surface area contributed by atoms with Gasteiger partial charge in [-0.15, -0.1) is 0 Å². The van der Waals surface area contributed by atoms with Gasteiger partial charge < -0.3 is 15.2 Å². The van der Waals surface area contributed by atoms with Gasteiger partial charge in [-0.05, 0) is 39.4 Å². The van der Waals surface area contributed by atoms with Gasteiger partial charge in [0.05, 0.1) is 7.11 Å². The van der Waals surface area contributed by atoms with Crippen LogP contribution in [-0.2, 0) is 6.42 Å². The molecule has 0 fully saturated rings. The fourth-order valence-electron chi connectivity index (χ4n) is 1.48. The summed E-state index contributed by atoms with van der Waals surface area (Å²) >= 11 is 3.41. The third-order valence-electron chi connectivity index (χ3n) is 2.65. The van der Waals surface area contributed by atoms with E-state index in [1.54, 1.807) is 13.2 Å². The molecule has 0 spiro atoms. The highest BCUT2D eigenvalue weighted by atomic mass is 79.9. The van der Waals surface area contributed by atoms with E-state index >= 15 is 0 Å². The topological polar surface area (TPSA) is 41.5 Å². The summed E-state index contributed by atoms with van der Waals surface area (Å²) in [7, 11) is 3.46. The lowest BCUT2D eigenvalue weighted by atomic mass is 9.94. The lowest BCUT2D eigenvalue weighted by Gasteiger charge is -2.25. The number of aromatic hydroxyl groups is 1. The summed E-state index contributed by atoms with van der Waals surface area (Å²) in [6.07, 6.45) is 0.727. The molecule has 0 saturated heterocycles. The number of methoxy groups -OCH3 is 1. The highest BCUT2D eigenvalue weighted by molar-refractivity contribution is 9.10. The Hall–Kier alpha value is -0.740. The number of hydrogen-bond acceptors (Lipinski definition) is 3. The SMILES string of the molecule is CNC(C)(C)Cc1cc(Br)cc(OC)c1O. The van der Waals surface area contributed by atoms with Crippen LogP contribution < -0.4 is 10.1 Å². The van der Waals surface area contributed by atoms with Gasteiger partial charge in [0, 0.05) is 15.6 Å². The number of likely N-dealkylation sites (N-methyl/N-ethyl adjacent to an activating group) is 1. The summed E-state index contributed by atoms with van der Waals surface area (Å²) in [6.45, 7) is 4.17. The molecule has 1 rings (SSSR count). The lowest BCUT2D eigenvalue weighted by Crippen LogP contribution is -2.38. The van der Waals surface area contributed by atoms with Crippen molar-refractivity contribution in [2.24, 2.45) is 0 Å². The van der Waals surface area contributed by atoms with Crippen LogP contribution in [0.1, 0.15) is 19.4 Å². The number of hydrogen-bond donors (Lipinski definition) is 2. The van der Waals surface area contributed by atoms with Crippen LogP contribution in [0.4, 0.5) is 0 Å². The fraction of sp³-hybridized carbons (Fsp3) is 0.500. The Morgan fingerprint density at radius 3 is 2.56 bits per heavy atom. The Morgan fingerprint density at radius 2 is 2.06 bits per heavy atom. The van der Waals surface area contributed by atoms with E-state index in [0.717, 1.165) is 16.5 Å². The van der Waals surface area contributed by atoms with Crippen molar-refractivity contribution in [2.45, 2.75) is 25.8 Å². The van der Waals surface area contributed by atoms with E-state index in [2.05, 4.69) is 35.1 Å². The number of nitrogens with one attached hydrogen (secondary N) is 1. The maximum absolute atomic E-state index is 10.00. The normalized spacial score (nSPS) is 11.6. The van der Waals surface area contributed by atoms with Crippen molar-refractivity contribution < 1.29 is 9.84 Å². The molecule has 0 unspecified atom stereocenters. The van der Waals surface area contributed by atoms with Crippen LogP contribution in [-0.4, -0.2) is 24.8 Å². The molecule has 3 nitrogen and oxygen atoms in total. The molecule has 0 amide bonds. The van der Waals surface area contributed by atoms with Crippen molar-refractivity contribution in [1.82, 2.24) is 5.32 Å². The van der Waals surface area contributed by atoms with Gasteiger partial charge in [0.1, 0.15) is 0 Å². The zero-order valence-electron chi connectivity index (χ0n) is 10.1. The predicted molar refractivity (Wildman–Crippen MR) is 69.2 cm³/mol. The molecule has 0 atom stereocenters. The van der Waals surface area contributed by atoms with Crippen LogP contribution in [0.15, 0.2) is 16.6 Å². The zero-order valence-corrected chi connectivity index (χ0v) is 11.7. The van der Waals surface area contributed by atoms with Gasteiger partial charge in [-0.1, -0.05) is 15.9 Å². The summed E-state index contributed by atoms with van der Waals surface area (Å²) in [5, 5.41) is 13.2. The summed E-state index contributed by atoms with van der Waals surface area (Å²) in [5.74, 6) is 0.713. The van der Waals surface area contributed by atoms with Crippen LogP contribution in [0, 0.1) is 0 Å². The Kier molecular flexibility index (Phi) is 4.21. The predicted octanol–water partition coefficient (Wildman–Crippen LogP) is 2.70. The zero-order chi connectivity index (χ0) is 12.3. The van der Waals surface area contributed by atoms with Gasteiger partial charge in [0.25, 0.3) is 0 Å². The van der Waals surface area contributed by atoms with Gasteiger partial charge in [-0.3, -0.25) is 0 Å². The third kappa shape index (κ3) is 3.12. The fourth-order valence-corrected chi connectivity index (χ4v) is 1.97. The van der Waals surface area contributed by atoms with Crippen molar-refractivity contribution in [1.29, 1.82) is 0 Å². The summed E-state index contributed by atoms with van der Waals surface area (Å²) in [5.41, 5.74) is 0.800. The van der Waals surface area contributed by atoms with Gasteiger partial charge in [-0.2, -0.15) is 0 Å². The molecule has 2 N–H and O–H groups in total. The van der Waals surface area contributed by atoms with E-state index in [1.807, 2.05) is 13.1 Å². The molecule has 4 heteroatoms. The van der Waals surface area contributed by atoms with E-state index in [9.17, 15) is 5.11 Å². The summed E-state index contributed by atoms with van der Waals surface area (Å²) in [6, 6.07) is 3.67. The molecular weight excluding hydrogens is 270 g/mol. The average Bonchev–Trinajstić information content (AvgIpc) is 2.22. The maximum Gasteiger partial charge on any atom is 0.161 e. The van der Waals surface area contributed by atoms with E-state index in [1.165, 1.54) is 0 Å². The van der Waals surface area contributed by atoms with Crippen molar-refractivity contribution >= 4 is 15.9 Å². The minimum atomic E-state index is -0.0662. The Balaban J connectivity index is 3.09. The molecule has 0 heterocycles. The number of phenolic OH excluding ortho intramolecular Hbond substituents is 1. The standard InChI is InChI=1S/C12H18BrNO2/c1-12(2,14-3)7-8-5-9(13)6-10(16-4)11(8)15/h5-6,14-15H,7H2,1-4H3. The van der Waals surface area contributed by atoms with E-state index < -0.39 is 0 Å². The van der Waals surface area contributed by atoms with E-state index in [-0.39, 0.29) is 11.3 Å².